The van der Waals surface area contributed by atoms with Gasteiger partial charge in [0.15, 0.2) is 0 Å². The van der Waals surface area contributed by atoms with Crippen LogP contribution in [0.1, 0.15) is 29.9 Å². The SMILES string of the molecule is Cc1cccnc1CCNC(=O)N(C)[C@H](C)c1ccncn1. The van der Waals surface area contributed by atoms with Gasteiger partial charge >= 0.3 is 6.03 Å². The average molecular weight is 299 g/mol. The third-order valence-corrected chi connectivity index (χ3v) is 3.69. The highest BCUT2D eigenvalue weighted by atomic mass is 16.2. The zero-order valence-corrected chi connectivity index (χ0v) is 13.2. The summed E-state index contributed by atoms with van der Waals surface area (Å²) in [6, 6.07) is 5.51. The Morgan fingerprint density at radius 2 is 2.14 bits per heavy atom. The van der Waals surface area contributed by atoms with Gasteiger partial charge in [0.2, 0.25) is 0 Å². The van der Waals surface area contributed by atoms with Crippen molar-refractivity contribution in [2.24, 2.45) is 0 Å². The molecule has 0 unspecified atom stereocenters. The van der Waals surface area contributed by atoms with Crippen LogP contribution in [0.3, 0.4) is 0 Å². The van der Waals surface area contributed by atoms with Gasteiger partial charge in [-0.3, -0.25) is 4.98 Å². The van der Waals surface area contributed by atoms with Crippen molar-refractivity contribution in [2.75, 3.05) is 13.6 Å². The molecule has 0 spiro atoms. The first-order valence-electron chi connectivity index (χ1n) is 7.26. The number of aryl methyl sites for hydroxylation is 1. The van der Waals surface area contributed by atoms with Crippen LogP contribution in [-0.4, -0.2) is 39.5 Å². The molecule has 0 saturated heterocycles. The summed E-state index contributed by atoms with van der Waals surface area (Å²) in [5, 5.41) is 2.91. The van der Waals surface area contributed by atoms with Gasteiger partial charge in [-0.05, 0) is 31.5 Å². The maximum atomic E-state index is 12.2. The van der Waals surface area contributed by atoms with Crippen LogP contribution in [-0.2, 0) is 6.42 Å². The molecule has 116 valence electrons. The van der Waals surface area contributed by atoms with Gasteiger partial charge in [0.1, 0.15) is 6.33 Å². The number of carbonyl (C=O) groups is 1. The molecular weight excluding hydrogens is 278 g/mol. The van der Waals surface area contributed by atoms with E-state index in [0.29, 0.717) is 13.0 Å². The number of pyridine rings is 1. The average Bonchev–Trinajstić information content (AvgIpc) is 2.56. The fourth-order valence-corrected chi connectivity index (χ4v) is 2.11. The zero-order valence-electron chi connectivity index (χ0n) is 13.2. The summed E-state index contributed by atoms with van der Waals surface area (Å²) in [7, 11) is 1.76. The summed E-state index contributed by atoms with van der Waals surface area (Å²) in [4.78, 5) is 26.2. The molecular formula is C16H21N5O. The van der Waals surface area contributed by atoms with Crippen LogP contribution in [0.2, 0.25) is 0 Å². The first kappa shape index (κ1) is 15.9. The van der Waals surface area contributed by atoms with Gasteiger partial charge in [0.25, 0.3) is 0 Å². The number of amides is 2. The highest BCUT2D eigenvalue weighted by molar-refractivity contribution is 5.74. The standard InChI is InChI=1S/C16H21N5O/c1-12-5-4-8-18-14(12)7-10-19-16(22)21(3)13(2)15-6-9-17-11-20-15/h4-6,8-9,11,13H,7,10H2,1-3H3,(H,19,22)/t13-/m1/s1. The second kappa shape index (κ2) is 7.49. The summed E-state index contributed by atoms with van der Waals surface area (Å²) in [6.45, 7) is 4.51. The van der Waals surface area contributed by atoms with Crippen LogP contribution < -0.4 is 5.32 Å². The van der Waals surface area contributed by atoms with E-state index in [9.17, 15) is 4.79 Å². The van der Waals surface area contributed by atoms with E-state index < -0.39 is 0 Å². The third-order valence-electron chi connectivity index (χ3n) is 3.69. The summed E-state index contributed by atoms with van der Waals surface area (Å²) in [6.07, 6.45) is 5.65. The number of hydrogen-bond donors (Lipinski definition) is 1. The Balaban J connectivity index is 1.85. The molecule has 0 radical (unpaired) electrons. The van der Waals surface area contributed by atoms with Gasteiger partial charge in [0.05, 0.1) is 11.7 Å². The fraction of sp³-hybridized carbons (Fsp3) is 0.375. The van der Waals surface area contributed by atoms with E-state index in [2.05, 4.69) is 20.3 Å². The van der Waals surface area contributed by atoms with Gasteiger partial charge in [-0.2, -0.15) is 0 Å². The first-order chi connectivity index (χ1) is 10.6. The van der Waals surface area contributed by atoms with Crippen LogP contribution in [0, 0.1) is 6.92 Å². The summed E-state index contributed by atoms with van der Waals surface area (Å²) < 4.78 is 0. The van der Waals surface area contributed by atoms with Crippen molar-refractivity contribution < 1.29 is 4.79 Å². The predicted octanol–water partition coefficient (Wildman–Crippen LogP) is 2.13. The van der Waals surface area contributed by atoms with Gasteiger partial charge in [-0.15, -0.1) is 0 Å². The maximum Gasteiger partial charge on any atom is 0.317 e. The summed E-state index contributed by atoms with van der Waals surface area (Å²) in [5.74, 6) is 0. The van der Waals surface area contributed by atoms with Crippen LogP contribution in [0.25, 0.3) is 0 Å². The number of nitrogens with zero attached hydrogens (tertiary/aromatic N) is 4. The molecule has 1 N–H and O–H groups in total. The smallest absolute Gasteiger partial charge is 0.317 e. The van der Waals surface area contributed by atoms with Crippen molar-refractivity contribution in [2.45, 2.75) is 26.3 Å². The van der Waals surface area contributed by atoms with Crippen molar-refractivity contribution >= 4 is 6.03 Å². The van der Waals surface area contributed by atoms with Crippen molar-refractivity contribution in [3.63, 3.8) is 0 Å². The lowest BCUT2D eigenvalue weighted by atomic mass is 10.1. The number of nitrogens with one attached hydrogen (secondary N) is 1. The van der Waals surface area contributed by atoms with Crippen molar-refractivity contribution in [1.29, 1.82) is 0 Å². The van der Waals surface area contributed by atoms with E-state index in [1.807, 2.05) is 32.0 Å². The lowest BCUT2D eigenvalue weighted by molar-refractivity contribution is 0.193. The highest BCUT2D eigenvalue weighted by Gasteiger charge is 2.17. The molecule has 2 aromatic heterocycles. The molecule has 0 aliphatic rings. The monoisotopic (exact) mass is 299 g/mol. The summed E-state index contributed by atoms with van der Waals surface area (Å²) in [5.41, 5.74) is 2.96. The van der Waals surface area contributed by atoms with Crippen molar-refractivity contribution in [3.05, 3.63) is 53.9 Å². The Morgan fingerprint density at radius 1 is 1.32 bits per heavy atom. The van der Waals surface area contributed by atoms with Crippen molar-refractivity contribution in [1.82, 2.24) is 25.2 Å². The molecule has 6 nitrogen and oxygen atoms in total. The van der Waals surface area contributed by atoms with Gasteiger partial charge in [0, 0.05) is 38.1 Å². The zero-order chi connectivity index (χ0) is 15.9. The molecule has 2 aromatic rings. The number of rotatable bonds is 5. The van der Waals surface area contributed by atoms with E-state index in [-0.39, 0.29) is 12.1 Å². The van der Waals surface area contributed by atoms with Crippen LogP contribution in [0.15, 0.2) is 36.9 Å². The Hall–Kier alpha value is -2.50. The molecule has 0 aromatic carbocycles. The minimum absolute atomic E-state index is 0.111. The van der Waals surface area contributed by atoms with Gasteiger partial charge in [-0.1, -0.05) is 6.07 Å². The third kappa shape index (κ3) is 4.00. The molecule has 2 rings (SSSR count). The number of urea groups is 1. The fourth-order valence-electron chi connectivity index (χ4n) is 2.11. The Kier molecular flexibility index (Phi) is 5.41. The second-order valence-corrected chi connectivity index (χ2v) is 5.17. The van der Waals surface area contributed by atoms with E-state index in [0.717, 1.165) is 17.0 Å². The van der Waals surface area contributed by atoms with E-state index in [1.165, 1.54) is 6.33 Å². The summed E-state index contributed by atoms with van der Waals surface area (Å²) >= 11 is 0. The molecule has 2 heterocycles. The number of aromatic nitrogens is 3. The van der Waals surface area contributed by atoms with E-state index in [1.54, 1.807) is 24.3 Å². The molecule has 0 aliphatic carbocycles. The molecule has 6 heteroatoms. The van der Waals surface area contributed by atoms with E-state index in [4.69, 9.17) is 0 Å². The number of carbonyl (C=O) groups excluding carboxylic acids is 1. The minimum Gasteiger partial charge on any atom is -0.338 e. The van der Waals surface area contributed by atoms with Gasteiger partial charge < -0.3 is 10.2 Å². The second-order valence-electron chi connectivity index (χ2n) is 5.17. The lowest BCUT2D eigenvalue weighted by Gasteiger charge is -2.24. The normalized spacial score (nSPS) is 11.8. The van der Waals surface area contributed by atoms with Crippen LogP contribution in [0.4, 0.5) is 4.79 Å². The highest BCUT2D eigenvalue weighted by Crippen LogP contribution is 2.15. The largest absolute Gasteiger partial charge is 0.338 e. The molecule has 0 saturated carbocycles. The molecule has 22 heavy (non-hydrogen) atoms. The Bertz CT molecular complexity index is 617. The first-order valence-corrected chi connectivity index (χ1v) is 7.26. The van der Waals surface area contributed by atoms with Crippen LogP contribution in [0.5, 0.6) is 0 Å². The number of hydrogen-bond acceptors (Lipinski definition) is 4. The molecule has 0 fully saturated rings. The maximum absolute atomic E-state index is 12.2. The predicted molar refractivity (Wildman–Crippen MR) is 84.3 cm³/mol. The molecule has 0 bridgehead atoms. The molecule has 0 aliphatic heterocycles. The quantitative estimate of drug-likeness (QED) is 0.918. The minimum atomic E-state index is -0.125. The van der Waals surface area contributed by atoms with Crippen molar-refractivity contribution in [3.8, 4) is 0 Å². The topological polar surface area (TPSA) is 71.0 Å². The Labute approximate surface area is 130 Å². The van der Waals surface area contributed by atoms with E-state index >= 15 is 0 Å². The van der Waals surface area contributed by atoms with Gasteiger partial charge in [-0.25, -0.2) is 14.8 Å². The molecule has 1 atom stereocenters. The molecule has 2 amide bonds. The van der Waals surface area contributed by atoms with Crippen LogP contribution >= 0.6 is 0 Å². The Morgan fingerprint density at radius 3 is 2.82 bits per heavy atom. The lowest BCUT2D eigenvalue weighted by Crippen LogP contribution is -2.39.